The molecule has 1 aromatic carbocycles. The van der Waals surface area contributed by atoms with Crippen LogP contribution in [-0.4, -0.2) is 31.7 Å². The number of halogens is 1. The molecule has 0 saturated carbocycles. The normalized spacial score (nSPS) is 15.6. The van der Waals surface area contributed by atoms with Crippen LogP contribution in [0.3, 0.4) is 0 Å². The fourth-order valence-corrected chi connectivity index (χ4v) is 1.57. The van der Waals surface area contributed by atoms with Crippen LogP contribution < -0.4 is 10.6 Å². The number of benzene rings is 1. The number of rotatable bonds is 4. The molecule has 1 aromatic rings. The Kier molecular flexibility index (Phi) is 3.93. The van der Waals surface area contributed by atoms with Gasteiger partial charge in [0.05, 0.1) is 6.10 Å². The van der Waals surface area contributed by atoms with Crippen molar-refractivity contribution in [3.8, 4) is 0 Å². The molecule has 0 aromatic heterocycles. The largest absolute Gasteiger partial charge is 0.366 e. The SMILES string of the molecule is O=C(COC1CNC1)Nc1ccc(Br)cc1. The van der Waals surface area contributed by atoms with Gasteiger partial charge in [0.1, 0.15) is 6.61 Å². The number of anilines is 1. The van der Waals surface area contributed by atoms with Crippen LogP contribution in [0.4, 0.5) is 5.69 Å². The Hall–Kier alpha value is -0.910. The highest BCUT2D eigenvalue weighted by molar-refractivity contribution is 9.10. The molecule has 1 aliphatic rings. The minimum absolute atomic E-state index is 0.114. The quantitative estimate of drug-likeness (QED) is 0.878. The van der Waals surface area contributed by atoms with E-state index in [1.807, 2.05) is 24.3 Å². The van der Waals surface area contributed by atoms with E-state index in [2.05, 4.69) is 26.6 Å². The zero-order valence-corrected chi connectivity index (χ0v) is 10.3. The predicted molar refractivity (Wildman–Crippen MR) is 65.4 cm³/mol. The van der Waals surface area contributed by atoms with E-state index >= 15 is 0 Å². The molecular weight excluding hydrogens is 272 g/mol. The van der Waals surface area contributed by atoms with Crippen LogP contribution in [0.15, 0.2) is 28.7 Å². The minimum Gasteiger partial charge on any atom is -0.366 e. The summed E-state index contributed by atoms with van der Waals surface area (Å²) in [4.78, 5) is 11.5. The zero-order chi connectivity index (χ0) is 11.4. The van der Waals surface area contributed by atoms with Crippen LogP contribution in [0.5, 0.6) is 0 Å². The second-order valence-corrected chi connectivity index (χ2v) is 4.56. The van der Waals surface area contributed by atoms with E-state index in [0.717, 1.165) is 23.2 Å². The fraction of sp³-hybridized carbons (Fsp3) is 0.364. The van der Waals surface area contributed by atoms with Crippen LogP contribution >= 0.6 is 15.9 Å². The molecule has 5 heteroatoms. The maximum absolute atomic E-state index is 11.5. The molecule has 0 unspecified atom stereocenters. The smallest absolute Gasteiger partial charge is 0.250 e. The van der Waals surface area contributed by atoms with Gasteiger partial charge in [-0.05, 0) is 24.3 Å². The first kappa shape index (κ1) is 11.6. The molecule has 2 rings (SSSR count). The molecular formula is C11H13BrN2O2. The van der Waals surface area contributed by atoms with E-state index in [9.17, 15) is 4.79 Å². The molecule has 1 aliphatic heterocycles. The second kappa shape index (κ2) is 5.43. The lowest BCUT2D eigenvalue weighted by molar-refractivity contribution is -0.123. The molecule has 4 nitrogen and oxygen atoms in total. The van der Waals surface area contributed by atoms with Gasteiger partial charge in [-0.15, -0.1) is 0 Å². The fourth-order valence-electron chi connectivity index (χ4n) is 1.30. The molecule has 0 aliphatic carbocycles. The van der Waals surface area contributed by atoms with E-state index in [1.54, 1.807) is 0 Å². The van der Waals surface area contributed by atoms with Gasteiger partial charge in [-0.2, -0.15) is 0 Å². The highest BCUT2D eigenvalue weighted by Crippen LogP contribution is 2.13. The lowest BCUT2D eigenvalue weighted by Crippen LogP contribution is -2.49. The summed E-state index contributed by atoms with van der Waals surface area (Å²) < 4.78 is 6.34. The Labute approximate surface area is 102 Å². The number of nitrogens with one attached hydrogen (secondary N) is 2. The van der Waals surface area contributed by atoms with Crippen molar-refractivity contribution in [2.75, 3.05) is 25.0 Å². The summed E-state index contributed by atoms with van der Waals surface area (Å²) in [6.45, 7) is 1.79. The average molecular weight is 285 g/mol. The summed E-state index contributed by atoms with van der Waals surface area (Å²) in [7, 11) is 0. The number of hydrogen-bond donors (Lipinski definition) is 2. The van der Waals surface area contributed by atoms with Gasteiger partial charge in [-0.3, -0.25) is 4.79 Å². The van der Waals surface area contributed by atoms with Gasteiger partial charge >= 0.3 is 0 Å². The van der Waals surface area contributed by atoms with Crippen molar-refractivity contribution in [3.05, 3.63) is 28.7 Å². The van der Waals surface area contributed by atoms with Gasteiger partial charge in [0, 0.05) is 23.2 Å². The van der Waals surface area contributed by atoms with Crippen molar-refractivity contribution in [1.29, 1.82) is 0 Å². The average Bonchev–Trinajstić information content (AvgIpc) is 2.19. The summed E-state index contributed by atoms with van der Waals surface area (Å²) in [5.74, 6) is -0.116. The van der Waals surface area contributed by atoms with Crippen molar-refractivity contribution in [2.24, 2.45) is 0 Å². The Balaban J connectivity index is 1.75. The van der Waals surface area contributed by atoms with Gasteiger partial charge in [-0.25, -0.2) is 0 Å². The summed E-state index contributed by atoms with van der Waals surface area (Å²) in [5.41, 5.74) is 0.781. The molecule has 1 fully saturated rings. The molecule has 0 radical (unpaired) electrons. The maximum atomic E-state index is 11.5. The van der Waals surface area contributed by atoms with E-state index in [4.69, 9.17) is 4.74 Å². The first-order valence-corrected chi connectivity index (χ1v) is 5.91. The Morgan fingerprint density at radius 1 is 1.44 bits per heavy atom. The monoisotopic (exact) mass is 284 g/mol. The van der Waals surface area contributed by atoms with Crippen LogP contribution in [-0.2, 0) is 9.53 Å². The van der Waals surface area contributed by atoms with Gasteiger partial charge < -0.3 is 15.4 Å². The molecule has 1 saturated heterocycles. The highest BCUT2D eigenvalue weighted by Gasteiger charge is 2.18. The third-order valence-electron chi connectivity index (χ3n) is 2.32. The highest BCUT2D eigenvalue weighted by atomic mass is 79.9. The molecule has 2 N–H and O–H groups in total. The zero-order valence-electron chi connectivity index (χ0n) is 8.70. The molecule has 0 spiro atoms. The van der Waals surface area contributed by atoms with E-state index in [0.29, 0.717) is 0 Å². The first-order chi connectivity index (χ1) is 7.74. The number of carbonyl (C=O) groups excluding carboxylic acids is 1. The topological polar surface area (TPSA) is 50.4 Å². The standard InChI is InChI=1S/C11H13BrN2O2/c12-8-1-3-9(4-2-8)14-11(15)7-16-10-5-13-6-10/h1-4,10,13H,5-7H2,(H,14,15). The summed E-state index contributed by atoms with van der Waals surface area (Å²) in [6.07, 6.45) is 0.190. The Bertz CT molecular complexity index is 363. The molecule has 16 heavy (non-hydrogen) atoms. The van der Waals surface area contributed by atoms with Crippen LogP contribution in [0.2, 0.25) is 0 Å². The van der Waals surface area contributed by atoms with Gasteiger partial charge in [0.25, 0.3) is 0 Å². The second-order valence-electron chi connectivity index (χ2n) is 3.65. The molecule has 1 amide bonds. The lowest BCUT2D eigenvalue weighted by Gasteiger charge is -2.26. The van der Waals surface area contributed by atoms with Crippen molar-refractivity contribution < 1.29 is 9.53 Å². The third-order valence-corrected chi connectivity index (χ3v) is 2.85. The van der Waals surface area contributed by atoms with Crippen molar-refractivity contribution in [1.82, 2.24) is 5.32 Å². The molecule has 0 atom stereocenters. The van der Waals surface area contributed by atoms with Gasteiger partial charge in [0.15, 0.2) is 0 Å². The van der Waals surface area contributed by atoms with Crippen molar-refractivity contribution in [3.63, 3.8) is 0 Å². The number of amides is 1. The third kappa shape index (κ3) is 3.30. The van der Waals surface area contributed by atoms with Gasteiger partial charge in [0.2, 0.25) is 5.91 Å². The van der Waals surface area contributed by atoms with Crippen molar-refractivity contribution >= 4 is 27.5 Å². The number of hydrogen-bond acceptors (Lipinski definition) is 3. The lowest BCUT2D eigenvalue weighted by atomic mass is 10.2. The van der Waals surface area contributed by atoms with Crippen LogP contribution in [0.1, 0.15) is 0 Å². The number of ether oxygens (including phenoxy) is 1. The molecule has 1 heterocycles. The predicted octanol–water partition coefficient (Wildman–Crippen LogP) is 1.38. The van der Waals surface area contributed by atoms with Gasteiger partial charge in [-0.1, -0.05) is 15.9 Å². The molecule has 0 bridgehead atoms. The van der Waals surface area contributed by atoms with Crippen LogP contribution in [0.25, 0.3) is 0 Å². The van der Waals surface area contributed by atoms with Crippen molar-refractivity contribution in [2.45, 2.75) is 6.10 Å². The molecule has 86 valence electrons. The minimum atomic E-state index is -0.116. The summed E-state index contributed by atoms with van der Waals surface area (Å²) in [6, 6.07) is 7.44. The summed E-state index contributed by atoms with van der Waals surface area (Å²) in [5, 5.41) is 5.85. The van der Waals surface area contributed by atoms with Crippen LogP contribution in [0, 0.1) is 0 Å². The maximum Gasteiger partial charge on any atom is 0.250 e. The van der Waals surface area contributed by atoms with E-state index in [-0.39, 0.29) is 18.6 Å². The summed E-state index contributed by atoms with van der Waals surface area (Å²) >= 11 is 3.33. The Morgan fingerprint density at radius 3 is 2.69 bits per heavy atom. The van der Waals surface area contributed by atoms with E-state index in [1.165, 1.54) is 0 Å². The Morgan fingerprint density at radius 2 is 2.12 bits per heavy atom. The number of carbonyl (C=O) groups is 1. The van der Waals surface area contributed by atoms with E-state index < -0.39 is 0 Å². The first-order valence-electron chi connectivity index (χ1n) is 5.12.